The molecule has 2 fully saturated rings. The molecule has 0 radical (unpaired) electrons. The van der Waals surface area contributed by atoms with Gasteiger partial charge in [0.05, 0.1) is 10.9 Å². The lowest BCUT2D eigenvalue weighted by molar-refractivity contribution is -0.134. The Labute approximate surface area is 158 Å². The fraction of sp³-hybridized carbons (Fsp3) is 0.688. The van der Waals surface area contributed by atoms with Gasteiger partial charge in [0.2, 0.25) is 5.91 Å². The summed E-state index contributed by atoms with van der Waals surface area (Å²) in [5, 5.41) is 0. The van der Waals surface area contributed by atoms with Crippen LogP contribution in [0, 0.1) is 0 Å². The molecule has 0 aliphatic carbocycles. The number of carbonyl (C=O) groups excluding carboxylic acids is 1. The zero-order valence-electron chi connectivity index (χ0n) is 14.4. The monoisotopic (exact) mass is 405 g/mol. The summed E-state index contributed by atoms with van der Waals surface area (Å²) in [6, 6.07) is 3.58. The van der Waals surface area contributed by atoms with Gasteiger partial charge in [-0.2, -0.15) is 4.31 Å². The predicted molar refractivity (Wildman–Crippen MR) is 99.6 cm³/mol. The first kappa shape index (κ1) is 19.1. The van der Waals surface area contributed by atoms with E-state index >= 15 is 0 Å². The Morgan fingerprint density at radius 3 is 2.52 bits per heavy atom. The zero-order chi connectivity index (χ0) is 18.0. The Morgan fingerprint density at radius 1 is 1.20 bits per heavy atom. The van der Waals surface area contributed by atoms with Crippen LogP contribution < -0.4 is 0 Å². The summed E-state index contributed by atoms with van der Waals surface area (Å²) < 4.78 is 27.4. The van der Waals surface area contributed by atoms with Gasteiger partial charge in [0.15, 0.2) is 0 Å². The van der Waals surface area contributed by atoms with E-state index < -0.39 is 10.0 Å². The van der Waals surface area contributed by atoms with E-state index in [2.05, 4.69) is 11.8 Å². The number of thiophene rings is 1. The fourth-order valence-electron chi connectivity index (χ4n) is 3.41. The molecule has 2 aliphatic rings. The minimum absolute atomic E-state index is 0.102. The molecule has 0 aromatic carbocycles. The van der Waals surface area contributed by atoms with Crippen LogP contribution in [-0.2, 0) is 14.8 Å². The molecule has 0 saturated carbocycles. The predicted octanol–water partition coefficient (Wildman–Crippen LogP) is 2.11. The summed E-state index contributed by atoms with van der Waals surface area (Å²) in [5.41, 5.74) is 0. The number of likely N-dealkylation sites (tertiary alicyclic amines) is 1. The molecule has 0 N–H and O–H groups in total. The molecule has 6 nitrogen and oxygen atoms in total. The lowest BCUT2D eigenvalue weighted by atomic mass is 10.0. The van der Waals surface area contributed by atoms with Crippen LogP contribution in [0.5, 0.6) is 0 Å². The Hall–Kier alpha value is -0.670. The molecular formula is C16H24ClN3O3S2. The van der Waals surface area contributed by atoms with Crippen LogP contribution in [-0.4, -0.2) is 73.7 Å². The van der Waals surface area contributed by atoms with Gasteiger partial charge in [-0.3, -0.25) is 9.69 Å². The zero-order valence-corrected chi connectivity index (χ0v) is 16.7. The smallest absolute Gasteiger partial charge is 0.252 e. The molecule has 2 aliphatic heterocycles. The number of piperidine rings is 1. The van der Waals surface area contributed by atoms with Crippen molar-refractivity contribution in [2.45, 2.75) is 36.4 Å². The SMILES string of the molecule is C[C@@H]1CCCCN1CC(=O)N1CCN(S(=O)(=O)c2ccc(Cl)s2)CC1. The van der Waals surface area contributed by atoms with Gasteiger partial charge >= 0.3 is 0 Å². The van der Waals surface area contributed by atoms with Gasteiger partial charge in [-0.05, 0) is 38.4 Å². The maximum Gasteiger partial charge on any atom is 0.252 e. The van der Waals surface area contributed by atoms with Gasteiger partial charge in [0, 0.05) is 32.2 Å². The van der Waals surface area contributed by atoms with E-state index in [0.717, 1.165) is 30.7 Å². The lowest BCUT2D eigenvalue weighted by Crippen LogP contribution is -2.53. The molecule has 140 valence electrons. The third-order valence-electron chi connectivity index (χ3n) is 5.01. The molecule has 2 saturated heterocycles. The average Bonchev–Trinajstić information content (AvgIpc) is 3.04. The number of sulfonamides is 1. The highest BCUT2D eigenvalue weighted by molar-refractivity contribution is 7.91. The van der Waals surface area contributed by atoms with Gasteiger partial charge in [-0.1, -0.05) is 18.0 Å². The molecule has 3 rings (SSSR count). The maximum atomic E-state index is 12.6. The van der Waals surface area contributed by atoms with Crippen molar-refractivity contribution in [1.82, 2.24) is 14.1 Å². The highest BCUT2D eigenvalue weighted by atomic mass is 35.5. The van der Waals surface area contributed by atoms with E-state index in [1.54, 1.807) is 11.0 Å². The van der Waals surface area contributed by atoms with Crippen molar-refractivity contribution in [2.75, 3.05) is 39.3 Å². The van der Waals surface area contributed by atoms with Crippen LogP contribution in [0.4, 0.5) is 0 Å². The second kappa shape index (κ2) is 7.92. The Bertz CT molecular complexity index is 714. The molecule has 0 spiro atoms. The van der Waals surface area contributed by atoms with E-state index in [9.17, 15) is 13.2 Å². The van der Waals surface area contributed by atoms with Crippen LogP contribution in [0.15, 0.2) is 16.3 Å². The summed E-state index contributed by atoms with van der Waals surface area (Å²) >= 11 is 6.92. The average molecular weight is 406 g/mol. The maximum absolute atomic E-state index is 12.6. The van der Waals surface area contributed by atoms with Gasteiger partial charge in [0.25, 0.3) is 10.0 Å². The minimum atomic E-state index is -3.51. The quantitative estimate of drug-likeness (QED) is 0.769. The molecular weight excluding hydrogens is 382 g/mol. The minimum Gasteiger partial charge on any atom is -0.339 e. The molecule has 1 atom stereocenters. The van der Waals surface area contributed by atoms with Crippen molar-refractivity contribution in [3.05, 3.63) is 16.5 Å². The van der Waals surface area contributed by atoms with E-state index in [-0.39, 0.29) is 10.1 Å². The van der Waals surface area contributed by atoms with E-state index in [1.165, 1.54) is 16.8 Å². The number of hydrogen-bond donors (Lipinski definition) is 0. The second-order valence-corrected chi connectivity index (χ2v) is 10.5. The molecule has 3 heterocycles. The van der Waals surface area contributed by atoms with Gasteiger partial charge in [0.1, 0.15) is 4.21 Å². The van der Waals surface area contributed by atoms with Crippen molar-refractivity contribution >= 4 is 38.9 Å². The van der Waals surface area contributed by atoms with E-state index in [0.29, 0.717) is 43.1 Å². The van der Waals surface area contributed by atoms with Crippen molar-refractivity contribution in [3.8, 4) is 0 Å². The fourth-order valence-corrected chi connectivity index (χ4v) is 6.47. The number of halogens is 1. The number of nitrogens with zero attached hydrogens (tertiary/aromatic N) is 3. The summed E-state index contributed by atoms with van der Waals surface area (Å²) in [5.74, 6) is 0.102. The Balaban J connectivity index is 1.55. The third kappa shape index (κ3) is 4.36. The first-order valence-electron chi connectivity index (χ1n) is 8.65. The topological polar surface area (TPSA) is 60.9 Å². The molecule has 0 unspecified atom stereocenters. The third-order valence-corrected chi connectivity index (χ3v) is 8.61. The van der Waals surface area contributed by atoms with Crippen LogP contribution in [0.2, 0.25) is 4.34 Å². The Kier molecular flexibility index (Phi) is 6.05. The molecule has 1 amide bonds. The summed E-state index contributed by atoms with van der Waals surface area (Å²) in [6.07, 6.45) is 3.52. The number of amides is 1. The van der Waals surface area contributed by atoms with Crippen molar-refractivity contribution in [3.63, 3.8) is 0 Å². The first-order chi connectivity index (χ1) is 11.9. The van der Waals surface area contributed by atoms with Crippen molar-refractivity contribution < 1.29 is 13.2 Å². The molecule has 1 aromatic rings. The van der Waals surface area contributed by atoms with Crippen LogP contribution in [0.1, 0.15) is 26.2 Å². The first-order valence-corrected chi connectivity index (χ1v) is 11.3. The highest BCUT2D eigenvalue weighted by Crippen LogP contribution is 2.28. The molecule has 9 heteroatoms. The molecule has 0 bridgehead atoms. The van der Waals surface area contributed by atoms with Crippen LogP contribution in [0.25, 0.3) is 0 Å². The van der Waals surface area contributed by atoms with Crippen molar-refractivity contribution in [1.29, 1.82) is 0 Å². The van der Waals surface area contributed by atoms with E-state index in [1.807, 2.05) is 0 Å². The Morgan fingerprint density at radius 2 is 1.92 bits per heavy atom. The lowest BCUT2D eigenvalue weighted by Gasteiger charge is -2.37. The summed E-state index contributed by atoms with van der Waals surface area (Å²) in [7, 11) is -3.51. The molecule has 25 heavy (non-hydrogen) atoms. The second-order valence-electron chi connectivity index (χ2n) is 6.66. The number of piperazine rings is 1. The number of hydrogen-bond acceptors (Lipinski definition) is 5. The number of rotatable bonds is 4. The van der Waals surface area contributed by atoms with Gasteiger partial charge in [-0.15, -0.1) is 11.3 Å². The van der Waals surface area contributed by atoms with Gasteiger partial charge < -0.3 is 4.90 Å². The standard InChI is InChI=1S/C16H24ClN3O3S2/c1-13-4-2-3-7-19(13)12-15(21)18-8-10-20(11-9-18)25(22,23)16-6-5-14(17)24-16/h5-6,13H,2-4,7-12H2,1H3/t13-/m1/s1. The summed E-state index contributed by atoms with van der Waals surface area (Å²) in [4.78, 5) is 16.6. The largest absolute Gasteiger partial charge is 0.339 e. The highest BCUT2D eigenvalue weighted by Gasteiger charge is 2.32. The van der Waals surface area contributed by atoms with Crippen LogP contribution >= 0.6 is 22.9 Å². The normalized spacial score (nSPS) is 23.8. The van der Waals surface area contributed by atoms with Crippen LogP contribution in [0.3, 0.4) is 0 Å². The summed E-state index contributed by atoms with van der Waals surface area (Å²) in [6.45, 7) is 5.13. The van der Waals surface area contributed by atoms with Crippen molar-refractivity contribution in [2.24, 2.45) is 0 Å². The molecule has 1 aromatic heterocycles. The number of carbonyl (C=O) groups is 1. The van der Waals surface area contributed by atoms with E-state index in [4.69, 9.17) is 11.6 Å². The van der Waals surface area contributed by atoms with Gasteiger partial charge in [-0.25, -0.2) is 8.42 Å².